The van der Waals surface area contributed by atoms with Gasteiger partial charge in [-0.15, -0.1) is 0 Å². The summed E-state index contributed by atoms with van der Waals surface area (Å²) in [5, 5.41) is 0.482. The van der Waals surface area contributed by atoms with Crippen molar-refractivity contribution in [2.45, 2.75) is 37.8 Å². The number of methoxy groups -OCH3 is 1. The topological polar surface area (TPSA) is 70.2 Å². The monoisotopic (exact) mass is 391 g/mol. The zero-order valence-corrected chi connectivity index (χ0v) is 15.9. The van der Waals surface area contributed by atoms with E-state index in [1.807, 2.05) is 0 Å². The van der Waals surface area contributed by atoms with E-state index in [1.165, 1.54) is 12.0 Å². The highest BCUT2D eigenvalue weighted by Gasteiger charge is 2.47. The van der Waals surface area contributed by atoms with Crippen molar-refractivity contribution in [3.8, 4) is 5.75 Å². The maximum Gasteiger partial charge on any atom is 0.327 e. The fourth-order valence-corrected chi connectivity index (χ4v) is 4.08. The number of hydrogen-bond donors (Lipinski definition) is 0. The molecule has 2 saturated heterocycles. The van der Waals surface area contributed by atoms with Crippen molar-refractivity contribution in [1.29, 1.82) is 0 Å². The van der Waals surface area contributed by atoms with Crippen LogP contribution in [0.4, 0.5) is 4.79 Å². The molecule has 0 atom stereocenters. The number of halogens is 1. The number of carbonyl (C=O) groups excluding carboxylic acids is 3. The summed E-state index contributed by atoms with van der Waals surface area (Å²) in [7, 11) is 1.52. The van der Waals surface area contributed by atoms with Gasteiger partial charge in [-0.25, -0.2) is 4.79 Å². The lowest BCUT2D eigenvalue weighted by Gasteiger charge is -2.36. The fraction of sp³-hybridized carbons (Fsp3) is 0.526. The molecule has 8 heteroatoms. The minimum atomic E-state index is -0.163. The Morgan fingerprint density at radius 3 is 2.44 bits per heavy atom. The number of urea groups is 1. The quantitative estimate of drug-likeness (QED) is 0.739. The van der Waals surface area contributed by atoms with Gasteiger partial charge < -0.3 is 14.5 Å². The molecule has 27 heavy (non-hydrogen) atoms. The van der Waals surface area contributed by atoms with Gasteiger partial charge in [-0.2, -0.15) is 0 Å². The molecule has 1 saturated carbocycles. The molecule has 7 nitrogen and oxygen atoms in total. The Morgan fingerprint density at radius 1 is 1.11 bits per heavy atom. The molecule has 3 fully saturated rings. The van der Waals surface area contributed by atoms with Gasteiger partial charge in [-0.05, 0) is 43.9 Å². The van der Waals surface area contributed by atoms with Gasteiger partial charge in [0.25, 0.3) is 11.8 Å². The van der Waals surface area contributed by atoms with Crippen LogP contribution in [0.25, 0.3) is 0 Å². The zero-order valence-electron chi connectivity index (χ0n) is 15.2. The molecule has 0 bridgehead atoms. The van der Waals surface area contributed by atoms with Gasteiger partial charge in [0.1, 0.15) is 12.3 Å². The third kappa shape index (κ3) is 3.36. The third-order valence-electron chi connectivity index (χ3n) is 5.52. The second-order valence-corrected chi connectivity index (χ2v) is 7.71. The second-order valence-electron chi connectivity index (χ2n) is 7.27. The van der Waals surface area contributed by atoms with Crippen molar-refractivity contribution in [2.24, 2.45) is 0 Å². The van der Waals surface area contributed by atoms with Crippen LogP contribution in [-0.4, -0.2) is 71.4 Å². The molecule has 1 aromatic rings. The molecule has 1 aromatic carbocycles. The Bertz CT molecular complexity index is 787. The van der Waals surface area contributed by atoms with Gasteiger partial charge >= 0.3 is 6.03 Å². The minimum absolute atomic E-state index is 0.00416. The van der Waals surface area contributed by atoms with Crippen molar-refractivity contribution in [2.75, 3.05) is 26.7 Å². The second kappa shape index (κ2) is 7.03. The van der Waals surface area contributed by atoms with Crippen LogP contribution in [0.3, 0.4) is 0 Å². The van der Waals surface area contributed by atoms with Gasteiger partial charge in [0.05, 0.1) is 12.7 Å². The van der Waals surface area contributed by atoms with Crippen LogP contribution in [0.15, 0.2) is 18.2 Å². The summed E-state index contributed by atoms with van der Waals surface area (Å²) in [6, 6.07) is 4.92. The van der Waals surface area contributed by atoms with E-state index in [0.29, 0.717) is 42.3 Å². The summed E-state index contributed by atoms with van der Waals surface area (Å²) >= 11 is 6.03. The van der Waals surface area contributed by atoms with Crippen molar-refractivity contribution in [3.05, 3.63) is 28.8 Å². The van der Waals surface area contributed by atoms with Crippen LogP contribution < -0.4 is 4.74 Å². The van der Waals surface area contributed by atoms with Gasteiger partial charge in [0.15, 0.2) is 0 Å². The average molecular weight is 392 g/mol. The number of hydrogen-bond acceptors (Lipinski definition) is 4. The Morgan fingerprint density at radius 2 is 1.81 bits per heavy atom. The van der Waals surface area contributed by atoms with E-state index in [-0.39, 0.29) is 36.5 Å². The molecular weight excluding hydrogens is 370 g/mol. The van der Waals surface area contributed by atoms with Crippen molar-refractivity contribution in [1.82, 2.24) is 14.7 Å². The maximum absolute atomic E-state index is 12.9. The smallest absolute Gasteiger partial charge is 0.327 e. The average Bonchev–Trinajstić information content (AvgIpc) is 3.46. The molecular formula is C19H22ClN3O4. The first-order valence-corrected chi connectivity index (χ1v) is 9.63. The van der Waals surface area contributed by atoms with E-state index in [4.69, 9.17) is 16.3 Å². The predicted octanol–water partition coefficient (Wildman–Crippen LogP) is 2.38. The van der Waals surface area contributed by atoms with Gasteiger partial charge in [0, 0.05) is 30.2 Å². The molecule has 4 amide bonds. The first-order valence-electron chi connectivity index (χ1n) is 9.25. The lowest BCUT2D eigenvalue weighted by Crippen LogP contribution is -2.48. The minimum Gasteiger partial charge on any atom is -0.496 e. The number of carbonyl (C=O) groups is 3. The van der Waals surface area contributed by atoms with Gasteiger partial charge in [-0.1, -0.05) is 11.6 Å². The number of imide groups is 1. The molecule has 0 spiro atoms. The van der Waals surface area contributed by atoms with Crippen LogP contribution in [0.1, 0.15) is 36.0 Å². The van der Waals surface area contributed by atoms with Crippen LogP contribution in [0.5, 0.6) is 5.75 Å². The van der Waals surface area contributed by atoms with Crippen molar-refractivity contribution < 1.29 is 19.1 Å². The summed E-state index contributed by atoms with van der Waals surface area (Å²) in [6.07, 6.45) is 3.15. The summed E-state index contributed by atoms with van der Waals surface area (Å²) in [6.45, 7) is 1.22. The van der Waals surface area contributed by atoms with Crippen LogP contribution in [0, 0.1) is 0 Å². The number of piperidine rings is 1. The van der Waals surface area contributed by atoms with E-state index in [1.54, 1.807) is 28.0 Å². The van der Waals surface area contributed by atoms with E-state index in [0.717, 1.165) is 12.8 Å². The highest BCUT2D eigenvalue weighted by atomic mass is 35.5. The number of rotatable bonds is 4. The number of likely N-dealkylation sites (tertiary alicyclic amines) is 1. The van der Waals surface area contributed by atoms with Gasteiger partial charge in [-0.3, -0.25) is 14.5 Å². The maximum atomic E-state index is 12.9. The highest BCUT2D eigenvalue weighted by Crippen LogP contribution is 2.33. The van der Waals surface area contributed by atoms with E-state index in [2.05, 4.69) is 0 Å². The molecule has 2 heterocycles. The first-order chi connectivity index (χ1) is 13.0. The van der Waals surface area contributed by atoms with Crippen molar-refractivity contribution >= 4 is 29.4 Å². The number of benzene rings is 1. The van der Waals surface area contributed by atoms with E-state index < -0.39 is 0 Å². The summed E-state index contributed by atoms with van der Waals surface area (Å²) < 4.78 is 5.28. The predicted molar refractivity (Wildman–Crippen MR) is 98.9 cm³/mol. The molecule has 0 radical (unpaired) electrons. The fourth-order valence-electron chi connectivity index (χ4n) is 3.91. The number of nitrogens with zero attached hydrogens (tertiary/aromatic N) is 3. The van der Waals surface area contributed by atoms with E-state index in [9.17, 15) is 14.4 Å². The first kappa shape index (κ1) is 18.1. The highest BCUT2D eigenvalue weighted by molar-refractivity contribution is 6.31. The molecule has 0 aromatic heterocycles. The number of ether oxygens (including phenoxy) is 1. The van der Waals surface area contributed by atoms with Crippen LogP contribution >= 0.6 is 11.6 Å². The molecule has 2 aliphatic heterocycles. The molecule has 0 unspecified atom stereocenters. The van der Waals surface area contributed by atoms with Crippen LogP contribution in [0.2, 0.25) is 5.02 Å². The Hall–Kier alpha value is -2.28. The Labute approximate surface area is 162 Å². The lowest BCUT2D eigenvalue weighted by atomic mass is 10.0. The van der Waals surface area contributed by atoms with Crippen LogP contribution in [-0.2, 0) is 4.79 Å². The van der Waals surface area contributed by atoms with E-state index >= 15 is 0 Å². The molecule has 144 valence electrons. The van der Waals surface area contributed by atoms with Crippen molar-refractivity contribution in [3.63, 3.8) is 0 Å². The molecule has 4 rings (SSSR count). The Balaban J connectivity index is 1.41. The third-order valence-corrected chi connectivity index (χ3v) is 5.76. The molecule has 1 aliphatic carbocycles. The summed E-state index contributed by atoms with van der Waals surface area (Å²) in [5.74, 6) is 0.271. The standard InChI is InChI=1S/C19H22ClN3O4/c1-27-16-5-2-12(20)10-15(16)18(25)21-8-6-13(7-9-21)22-11-17(24)23(19(22)26)14-3-4-14/h2,5,10,13-14H,3-4,6-9,11H2,1H3. The van der Waals surface area contributed by atoms with Gasteiger partial charge in [0.2, 0.25) is 0 Å². The summed E-state index contributed by atoms with van der Waals surface area (Å²) in [5.41, 5.74) is 0.441. The lowest BCUT2D eigenvalue weighted by molar-refractivity contribution is -0.125. The summed E-state index contributed by atoms with van der Waals surface area (Å²) in [4.78, 5) is 42.5. The Kier molecular flexibility index (Phi) is 4.72. The number of amides is 4. The molecule has 3 aliphatic rings. The molecule has 0 N–H and O–H groups in total. The SMILES string of the molecule is COc1ccc(Cl)cc1C(=O)N1CCC(N2CC(=O)N(C3CC3)C2=O)CC1. The normalized spacial score (nSPS) is 21.2. The zero-order chi connectivity index (χ0) is 19.1. The largest absolute Gasteiger partial charge is 0.496 e.